The van der Waals surface area contributed by atoms with Crippen molar-refractivity contribution in [1.82, 2.24) is 15.1 Å². The van der Waals surface area contributed by atoms with Crippen LogP contribution in [0.4, 0.5) is 4.79 Å². The van der Waals surface area contributed by atoms with Gasteiger partial charge in [-0.25, -0.2) is 4.79 Å². The maximum Gasteiger partial charge on any atom is 0.410 e. The van der Waals surface area contributed by atoms with Crippen LogP contribution in [-0.4, -0.2) is 51.1 Å². The highest BCUT2D eigenvalue weighted by atomic mass is 16.6. The molecule has 0 bridgehead atoms. The van der Waals surface area contributed by atoms with Gasteiger partial charge in [0.2, 0.25) is 0 Å². The van der Waals surface area contributed by atoms with Crippen molar-refractivity contribution in [2.75, 3.05) is 13.1 Å². The largest absolute Gasteiger partial charge is 0.444 e. The number of hydrogen-bond acceptors (Lipinski definition) is 4. The van der Waals surface area contributed by atoms with Gasteiger partial charge in [-0.1, -0.05) is 0 Å². The lowest BCUT2D eigenvalue weighted by molar-refractivity contribution is 0.0270. The predicted molar refractivity (Wildman–Crippen MR) is 74.6 cm³/mol. The molecule has 1 fully saturated rings. The average Bonchev–Trinajstić information content (AvgIpc) is 2.86. The summed E-state index contributed by atoms with van der Waals surface area (Å²) in [7, 11) is 0. The van der Waals surface area contributed by atoms with Crippen molar-refractivity contribution in [2.45, 2.75) is 45.8 Å². The third kappa shape index (κ3) is 5.92. The fraction of sp³-hybridized carbons (Fsp3) is 0.692. The minimum atomic E-state index is -0.454. The summed E-state index contributed by atoms with van der Waals surface area (Å²) in [6.45, 7) is 8.30. The number of hydrogen-bond donors (Lipinski definition) is 3. The first kappa shape index (κ1) is 16.3. The van der Waals surface area contributed by atoms with Gasteiger partial charge in [0.1, 0.15) is 5.60 Å². The number of H-pyrrole nitrogens is 2. The maximum absolute atomic E-state index is 11.4. The van der Waals surface area contributed by atoms with E-state index in [2.05, 4.69) is 10.2 Å². The van der Waals surface area contributed by atoms with Crippen LogP contribution >= 0.6 is 0 Å². The molecule has 20 heavy (non-hydrogen) atoms. The number of carbonyl (C=O) groups is 1. The number of likely N-dealkylation sites (tertiary alicyclic amines) is 1. The van der Waals surface area contributed by atoms with Crippen LogP contribution in [0.15, 0.2) is 10.9 Å². The number of amides is 1. The molecule has 1 atom stereocenters. The first-order valence-corrected chi connectivity index (χ1v) is 6.57. The van der Waals surface area contributed by atoms with Gasteiger partial charge >= 0.3 is 6.09 Å². The van der Waals surface area contributed by atoms with Gasteiger partial charge in [-0.3, -0.25) is 9.89 Å². The Morgan fingerprint density at radius 2 is 2.10 bits per heavy atom. The van der Waals surface area contributed by atoms with Crippen molar-refractivity contribution in [3.63, 3.8) is 0 Å². The van der Waals surface area contributed by atoms with Crippen LogP contribution in [0.5, 0.6) is 0 Å². The third-order valence-corrected chi connectivity index (χ3v) is 2.55. The van der Waals surface area contributed by atoms with E-state index in [1.54, 1.807) is 0 Å². The van der Waals surface area contributed by atoms with Crippen molar-refractivity contribution < 1.29 is 14.6 Å². The number of aryl methyl sites for hydroxylation is 1. The van der Waals surface area contributed by atoms with Crippen molar-refractivity contribution in [1.29, 1.82) is 0 Å². The lowest BCUT2D eigenvalue weighted by Crippen LogP contribution is -2.35. The minimum Gasteiger partial charge on any atom is -0.444 e. The molecule has 1 unspecified atom stereocenters. The molecule has 7 heteroatoms. The topological polar surface area (TPSA) is 98.4 Å². The molecule has 2 rings (SSSR count). The highest BCUT2D eigenvalue weighted by Crippen LogP contribution is 2.14. The number of aliphatic hydroxyl groups is 1. The number of aromatic amines is 2. The van der Waals surface area contributed by atoms with Crippen LogP contribution in [-0.2, 0) is 4.74 Å². The summed E-state index contributed by atoms with van der Waals surface area (Å²) in [6, 6.07) is 1.50. The quantitative estimate of drug-likeness (QED) is 0.662. The second-order valence-electron chi connectivity index (χ2n) is 5.81. The van der Waals surface area contributed by atoms with E-state index in [-0.39, 0.29) is 17.8 Å². The van der Waals surface area contributed by atoms with E-state index < -0.39 is 5.60 Å². The molecule has 1 aliphatic rings. The van der Waals surface area contributed by atoms with Gasteiger partial charge in [0.15, 0.2) is 0 Å². The van der Waals surface area contributed by atoms with Crippen LogP contribution in [0, 0.1) is 6.92 Å². The van der Waals surface area contributed by atoms with E-state index in [4.69, 9.17) is 4.74 Å². The van der Waals surface area contributed by atoms with Gasteiger partial charge in [0.25, 0.3) is 5.56 Å². The number of carbonyl (C=O) groups excluding carboxylic acids is 1. The van der Waals surface area contributed by atoms with Gasteiger partial charge in [-0.05, 0) is 34.1 Å². The van der Waals surface area contributed by atoms with Crippen LogP contribution in [0.1, 0.15) is 32.9 Å². The Morgan fingerprint density at radius 1 is 1.45 bits per heavy atom. The predicted octanol–water partition coefficient (Wildman–Crippen LogP) is 1.000. The van der Waals surface area contributed by atoms with Gasteiger partial charge in [0.05, 0.1) is 6.10 Å². The van der Waals surface area contributed by atoms with E-state index in [0.717, 1.165) is 5.69 Å². The fourth-order valence-electron chi connectivity index (χ4n) is 1.66. The summed E-state index contributed by atoms with van der Waals surface area (Å²) in [4.78, 5) is 23.1. The number of aromatic nitrogens is 2. The molecule has 1 aromatic heterocycles. The Balaban J connectivity index is 0.000000240. The summed E-state index contributed by atoms with van der Waals surface area (Å²) in [5.41, 5.74) is 0.340. The molecule has 3 N–H and O–H groups in total. The zero-order chi connectivity index (χ0) is 15.3. The Hall–Kier alpha value is -1.76. The molecule has 1 amide bonds. The van der Waals surface area contributed by atoms with Crippen molar-refractivity contribution in [3.05, 3.63) is 22.1 Å². The Morgan fingerprint density at radius 3 is 2.40 bits per heavy atom. The smallest absolute Gasteiger partial charge is 0.410 e. The summed E-state index contributed by atoms with van der Waals surface area (Å²) < 4.78 is 5.15. The Bertz CT molecular complexity index is 486. The summed E-state index contributed by atoms with van der Waals surface area (Å²) in [5, 5.41) is 14.2. The monoisotopic (exact) mass is 285 g/mol. The molecule has 1 aliphatic heterocycles. The average molecular weight is 285 g/mol. The number of β-amino-alcohol motifs (C(OH)–C–C–N with tert-alkyl or cyclic N) is 1. The number of nitrogens with one attached hydrogen (secondary N) is 2. The lowest BCUT2D eigenvalue weighted by atomic mass is 10.2. The molecule has 1 aromatic rings. The Kier molecular flexibility index (Phi) is 5.38. The molecule has 1 saturated heterocycles. The summed E-state index contributed by atoms with van der Waals surface area (Å²) in [6.07, 6.45) is -0.0595. The zero-order valence-electron chi connectivity index (χ0n) is 12.4. The van der Waals surface area contributed by atoms with Crippen LogP contribution in [0.2, 0.25) is 0 Å². The third-order valence-electron chi connectivity index (χ3n) is 2.55. The van der Waals surface area contributed by atoms with Crippen molar-refractivity contribution >= 4 is 6.09 Å². The highest BCUT2D eigenvalue weighted by Gasteiger charge is 2.28. The van der Waals surface area contributed by atoms with Crippen LogP contribution < -0.4 is 5.56 Å². The van der Waals surface area contributed by atoms with Gasteiger partial charge < -0.3 is 19.8 Å². The zero-order valence-corrected chi connectivity index (χ0v) is 12.4. The number of rotatable bonds is 0. The Labute approximate surface area is 117 Å². The highest BCUT2D eigenvalue weighted by molar-refractivity contribution is 5.68. The van der Waals surface area contributed by atoms with Crippen LogP contribution in [0.3, 0.4) is 0 Å². The SMILES string of the molecule is CC(C)(C)OC(=O)N1CCC(O)C1.Cc1cc(=O)[nH][nH]1. The van der Waals surface area contributed by atoms with E-state index in [9.17, 15) is 14.7 Å². The van der Waals surface area contributed by atoms with E-state index >= 15 is 0 Å². The fourth-order valence-corrected chi connectivity index (χ4v) is 1.66. The summed E-state index contributed by atoms with van der Waals surface area (Å²) in [5.74, 6) is 0. The van der Waals surface area contributed by atoms with E-state index in [0.29, 0.717) is 19.5 Å². The molecule has 114 valence electrons. The second-order valence-corrected chi connectivity index (χ2v) is 5.81. The normalized spacial score (nSPS) is 18.4. The molecule has 0 spiro atoms. The van der Waals surface area contributed by atoms with Gasteiger partial charge in [-0.15, -0.1) is 0 Å². The molecule has 0 radical (unpaired) electrons. The molecular weight excluding hydrogens is 262 g/mol. The molecule has 0 saturated carbocycles. The molecular formula is C13H23N3O4. The van der Waals surface area contributed by atoms with Gasteiger partial charge in [0, 0.05) is 24.8 Å². The number of nitrogens with zero attached hydrogens (tertiary/aromatic N) is 1. The first-order chi connectivity index (χ1) is 9.17. The van der Waals surface area contributed by atoms with Gasteiger partial charge in [-0.2, -0.15) is 0 Å². The van der Waals surface area contributed by atoms with Crippen molar-refractivity contribution in [2.24, 2.45) is 0 Å². The standard InChI is InChI=1S/C9H17NO3.C4H6N2O/c1-9(2,3)13-8(12)10-5-4-7(11)6-10;1-3-2-4(7)6-5-3/h7,11H,4-6H2,1-3H3;2H,1H3,(H2,5,6,7). The number of ether oxygens (including phenoxy) is 1. The minimum absolute atomic E-state index is 0.0718. The van der Waals surface area contributed by atoms with Crippen LogP contribution in [0.25, 0.3) is 0 Å². The van der Waals surface area contributed by atoms with E-state index in [1.165, 1.54) is 11.0 Å². The maximum atomic E-state index is 11.4. The molecule has 2 heterocycles. The molecule has 0 aliphatic carbocycles. The lowest BCUT2D eigenvalue weighted by Gasteiger charge is -2.24. The first-order valence-electron chi connectivity index (χ1n) is 6.57. The molecule has 7 nitrogen and oxygen atoms in total. The van der Waals surface area contributed by atoms with Crippen molar-refractivity contribution in [3.8, 4) is 0 Å². The number of aliphatic hydroxyl groups excluding tert-OH is 1. The van der Waals surface area contributed by atoms with E-state index in [1.807, 2.05) is 27.7 Å². The molecule has 0 aromatic carbocycles. The summed E-state index contributed by atoms with van der Waals surface area (Å²) >= 11 is 0. The second kappa shape index (κ2) is 6.60.